The molecule has 1 atom stereocenters. The fraction of sp³-hybridized carbons (Fsp3) is 0.500. The summed E-state index contributed by atoms with van der Waals surface area (Å²) in [5, 5.41) is 2.83. The first kappa shape index (κ1) is 16.1. The minimum atomic E-state index is -0.367. The molecule has 1 heterocycles. The molecule has 1 aromatic heterocycles. The maximum absolute atomic E-state index is 11.3. The summed E-state index contributed by atoms with van der Waals surface area (Å²) in [4.78, 5) is 12.6. The van der Waals surface area contributed by atoms with Gasteiger partial charge < -0.3 is 11.1 Å². The van der Waals surface area contributed by atoms with E-state index in [1.54, 1.807) is 11.3 Å². The van der Waals surface area contributed by atoms with Crippen LogP contribution in [0, 0.1) is 2.88 Å². The first-order valence-corrected chi connectivity index (χ1v) is 6.80. The number of carbonyl (C=O) groups excluding carboxylic acids is 1. The van der Waals surface area contributed by atoms with Gasteiger partial charge >= 0.3 is 0 Å². The van der Waals surface area contributed by atoms with E-state index >= 15 is 0 Å². The monoisotopic (exact) mass is 374 g/mol. The minimum absolute atomic E-state index is 0. The molecule has 0 fully saturated rings. The molecule has 0 aliphatic carbocycles. The van der Waals surface area contributed by atoms with Crippen LogP contribution in [-0.2, 0) is 11.2 Å². The summed E-state index contributed by atoms with van der Waals surface area (Å²) in [7, 11) is 0. The van der Waals surface area contributed by atoms with Crippen molar-refractivity contribution in [2.45, 2.75) is 25.8 Å². The lowest BCUT2D eigenvalue weighted by atomic mass is 10.2. The lowest BCUT2D eigenvalue weighted by Crippen LogP contribution is -2.40. The van der Waals surface area contributed by atoms with Crippen molar-refractivity contribution in [1.82, 2.24) is 5.32 Å². The predicted octanol–water partition coefficient (Wildman–Crippen LogP) is 2.17. The average molecular weight is 375 g/mol. The molecule has 0 bridgehead atoms. The Morgan fingerprint density at radius 3 is 2.81 bits per heavy atom. The van der Waals surface area contributed by atoms with E-state index in [2.05, 4.69) is 40.0 Å². The smallest absolute Gasteiger partial charge is 0.236 e. The Bertz CT molecular complexity index is 332. The number of amides is 1. The van der Waals surface area contributed by atoms with E-state index in [0.717, 1.165) is 6.42 Å². The third kappa shape index (κ3) is 5.47. The molecular weight excluding hydrogens is 359 g/mol. The molecule has 0 spiro atoms. The van der Waals surface area contributed by atoms with Crippen LogP contribution in [0.25, 0.3) is 0 Å². The molecule has 0 radical (unpaired) electrons. The zero-order valence-electron chi connectivity index (χ0n) is 9.03. The van der Waals surface area contributed by atoms with E-state index in [1.165, 1.54) is 7.76 Å². The van der Waals surface area contributed by atoms with Crippen molar-refractivity contribution in [2.75, 3.05) is 6.54 Å². The van der Waals surface area contributed by atoms with E-state index < -0.39 is 0 Å². The number of hydrogen-bond acceptors (Lipinski definition) is 3. The highest BCUT2D eigenvalue weighted by atomic mass is 127. The lowest BCUT2D eigenvalue weighted by Gasteiger charge is -2.08. The summed E-state index contributed by atoms with van der Waals surface area (Å²) < 4.78 is 1.28. The Morgan fingerprint density at radius 2 is 2.31 bits per heavy atom. The number of halogens is 2. The highest BCUT2D eigenvalue weighted by molar-refractivity contribution is 14.1. The van der Waals surface area contributed by atoms with Crippen molar-refractivity contribution in [3.8, 4) is 0 Å². The van der Waals surface area contributed by atoms with Gasteiger partial charge in [0.05, 0.1) is 8.93 Å². The van der Waals surface area contributed by atoms with Crippen LogP contribution in [-0.4, -0.2) is 18.5 Å². The van der Waals surface area contributed by atoms with Crippen LogP contribution < -0.4 is 11.1 Å². The van der Waals surface area contributed by atoms with Crippen molar-refractivity contribution in [3.63, 3.8) is 0 Å². The van der Waals surface area contributed by atoms with Gasteiger partial charge in [-0.05, 0) is 47.6 Å². The molecule has 6 heteroatoms. The van der Waals surface area contributed by atoms with Gasteiger partial charge in [-0.2, -0.15) is 0 Å². The summed E-state index contributed by atoms with van der Waals surface area (Å²) in [6, 6.07) is 3.81. The Kier molecular flexibility index (Phi) is 8.35. The molecule has 3 nitrogen and oxygen atoms in total. The van der Waals surface area contributed by atoms with E-state index in [9.17, 15) is 4.79 Å². The fourth-order valence-corrected chi connectivity index (χ4v) is 2.87. The molecule has 0 aromatic carbocycles. The quantitative estimate of drug-likeness (QED) is 0.776. The van der Waals surface area contributed by atoms with Crippen molar-refractivity contribution in [3.05, 3.63) is 19.9 Å². The maximum Gasteiger partial charge on any atom is 0.236 e. The molecule has 16 heavy (non-hydrogen) atoms. The molecule has 0 aliphatic rings. The first-order valence-electron chi connectivity index (χ1n) is 4.91. The lowest BCUT2D eigenvalue weighted by molar-refractivity contribution is -0.122. The molecule has 0 saturated heterocycles. The van der Waals surface area contributed by atoms with Gasteiger partial charge in [0.1, 0.15) is 0 Å². The van der Waals surface area contributed by atoms with Gasteiger partial charge in [-0.1, -0.05) is 6.92 Å². The second-order valence-corrected chi connectivity index (χ2v) is 6.32. The summed E-state index contributed by atoms with van der Waals surface area (Å²) in [5.41, 5.74) is 5.59. The molecular formula is C10H16ClIN2OS. The third-order valence-corrected chi connectivity index (χ3v) is 4.03. The van der Waals surface area contributed by atoms with Crippen molar-refractivity contribution in [1.29, 1.82) is 0 Å². The summed E-state index contributed by atoms with van der Waals surface area (Å²) >= 11 is 4.05. The molecule has 92 valence electrons. The van der Waals surface area contributed by atoms with E-state index in [4.69, 9.17) is 5.73 Å². The summed E-state index contributed by atoms with van der Waals surface area (Å²) in [6.45, 7) is 2.58. The van der Waals surface area contributed by atoms with Gasteiger partial charge in [-0.25, -0.2) is 0 Å². The van der Waals surface area contributed by atoms with Gasteiger partial charge in [-0.3, -0.25) is 4.79 Å². The van der Waals surface area contributed by atoms with Gasteiger partial charge in [0.15, 0.2) is 0 Å². The molecule has 1 rings (SSSR count). The molecule has 0 saturated carbocycles. The fourth-order valence-electron chi connectivity index (χ4n) is 1.11. The molecule has 0 unspecified atom stereocenters. The normalized spacial score (nSPS) is 11.7. The van der Waals surface area contributed by atoms with Gasteiger partial charge in [0, 0.05) is 11.4 Å². The highest BCUT2D eigenvalue weighted by Gasteiger charge is 2.09. The number of nitrogens with one attached hydrogen (secondary N) is 1. The number of carbonyl (C=O) groups is 1. The summed E-state index contributed by atoms with van der Waals surface area (Å²) in [5.74, 6) is -0.0521. The van der Waals surface area contributed by atoms with Gasteiger partial charge in [0.25, 0.3) is 0 Å². The summed E-state index contributed by atoms with van der Waals surface area (Å²) in [6.07, 6.45) is 1.57. The largest absolute Gasteiger partial charge is 0.354 e. The van der Waals surface area contributed by atoms with E-state index in [-0.39, 0.29) is 24.4 Å². The van der Waals surface area contributed by atoms with Crippen LogP contribution in [0.5, 0.6) is 0 Å². The SMILES string of the molecule is CC[C@H](N)C(=O)NCCc1ccc(I)s1.Cl. The zero-order valence-corrected chi connectivity index (χ0v) is 12.8. The van der Waals surface area contributed by atoms with E-state index in [0.29, 0.717) is 13.0 Å². The van der Waals surface area contributed by atoms with Crippen molar-refractivity contribution >= 4 is 52.2 Å². The number of hydrogen-bond donors (Lipinski definition) is 2. The molecule has 1 amide bonds. The highest BCUT2D eigenvalue weighted by Crippen LogP contribution is 2.18. The Balaban J connectivity index is 0.00000225. The average Bonchev–Trinajstić information content (AvgIpc) is 2.63. The van der Waals surface area contributed by atoms with Crippen molar-refractivity contribution < 1.29 is 4.79 Å². The van der Waals surface area contributed by atoms with Gasteiger partial charge in [-0.15, -0.1) is 23.7 Å². The number of rotatable bonds is 5. The van der Waals surface area contributed by atoms with Gasteiger partial charge in [0.2, 0.25) is 5.91 Å². The number of thiophene rings is 1. The second kappa shape index (κ2) is 8.27. The predicted molar refractivity (Wildman–Crippen MR) is 79.3 cm³/mol. The van der Waals surface area contributed by atoms with E-state index in [1.807, 2.05) is 6.92 Å². The van der Waals surface area contributed by atoms with Crippen LogP contribution >= 0.6 is 46.3 Å². The standard InChI is InChI=1S/C10H15IN2OS.ClH/c1-2-8(12)10(14)13-6-5-7-3-4-9(11)15-7;/h3-4,8H,2,5-6,12H2,1H3,(H,13,14);1H/t8-;/m0./s1. The second-order valence-electron chi connectivity index (χ2n) is 3.26. The number of nitrogens with two attached hydrogens (primary N) is 1. The Morgan fingerprint density at radius 1 is 1.62 bits per heavy atom. The van der Waals surface area contributed by atoms with Crippen molar-refractivity contribution in [2.24, 2.45) is 5.73 Å². The molecule has 1 aromatic rings. The van der Waals surface area contributed by atoms with Crippen LogP contribution in [0.1, 0.15) is 18.2 Å². The zero-order chi connectivity index (χ0) is 11.3. The van der Waals surface area contributed by atoms with Crippen LogP contribution in [0.4, 0.5) is 0 Å². The van der Waals surface area contributed by atoms with Crippen LogP contribution in [0.2, 0.25) is 0 Å². The minimum Gasteiger partial charge on any atom is -0.354 e. The topological polar surface area (TPSA) is 55.1 Å². The Hall–Kier alpha value is 0.150. The maximum atomic E-state index is 11.3. The molecule has 0 aliphatic heterocycles. The first-order chi connectivity index (χ1) is 7.13. The van der Waals surface area contributed by atoms with Crippen LogP contribution in [0.3, 0.4) is 0 Å². The van der Waals surface area contributed by atoms with Crippen LogP contribution in [0.15, 0.2) is 12.1 Å². The third-order valence-electron chi connectivity index (χ3n) is 2.08. The molecule has 3 N–H and O–H groups in total. The Labute approximate surface area is 120 Å².